The number of halogens is 2. The Bertz CT molecular complexity index is 1200. The van der Waals surface area contributed by atoms with Crippen LogP contribution in [0.25, 0.3) is 5.57 Å². The quantitative estimate of drug-likeness (QED) is 0.624. The zero-order valence-electron chi connectivity index (χ0n) is 16.4. The molecule has 0 unspecified atom stereocenters. The van der Waals surface area contributed by atoms with E-state index in [9.17, 15) is 18.4 Å². The zero-order chi connectivity index (χ0) is 21.4. The molecule has 1 heterocycles. The van der Waals surface area contributed by atoms with Crippen molar-refractivity contribution >= 4 is 28.8 Å². The lowest BCUT2D eigenvalue weighted by molar-refractivity contribution is -0.120. The Hall–Kier alpha value is -3.80. The summed E-state index contributed by atoms with van der Waals surface area (Å²) in [4.78, 5) is 27.8. The average Bonchev–Trinajstić information content (AvgIpc) is 2.97. The number of anilines is 2. The maximum atomic E-state index is 13.7. The summed E-state index contributed by atoms with van der Waals surface area (Å²) in [7, 11) is 0. The number of hydrogen-bond donors (Lipinski definition) is 1. The summed E-state index contributed by atoms with van der Waals surface area (Å²) in [5, 5.41) is 2.83. The van der Waals surface area contributed by atoms with E-state index in [4.69, 9.17) is 0 Å². The topological polar surface area (TPSA) is 49.4 Å². The summed E-state index contributed by atoms with van der Waals surface area (Å²) in [5.41, 5.74) is 3.14. The fourth-order valence-electron chi connectivity index (χ4n) is 3.43. The van der Waals surface area contributed by atoms with E-state index in [0.717, 1.165) is 28.2 Å². The first-order valence-corrected chi connectivity index (χ1v) is 9.35. The molecular formula is C24H18F2N2O2. The molecule has 0 spiro atoms. The van der Waals surface area contributed by atoms with Crippen molar-refractivity contribution in [2.24, 2.45) is 0 Å². The number of carbonyl (C=O) groups excluding carboxylic acids is 2. The van der Waals surface area contributed by atoms with Gasteiger partial charge in [0, 0.05) is 11.8 Å². The molecule has 4 nitrogen and oxygen atoms in total. The first-order chi connectivity index (χ1) is 14.4. The minimum Gasteiger partial charge on any atom is -0.350 e. The normalized spacial score (nSPS) is 13.9. The van der Waals surface area contributed by atoms with Gasteiger partial charge in [-0.25, -0.2) is 13.7 Å². The number of hydrogen-bond acceptors (Lipinski definition) is 3. The average molecular weight is 404 g/mol. The molecule has 0 fully saturated rings. The highest BCUT2D eigenvalue weighted by Crippen LogP contribution is 2.35. The van der Waals surface area contributed by atoms with Crippen LogP contribution in [0, 0.1) is 25.5 Å². The van der Waals surface area contributed by atoms with Crippen molar-refractivity contribution in [1.29, 1.82) is 0 Å². The van der Waals surface area contributed by atoms with E-state index in [1.807, 2.05) is 19.9 Å². The van der Waals surface area contributed by atoms with Crippen molar-refractivity contribution in [3.05, 3.63) is 101 Å². The van der Waals surface area contributed by atoms with Gasteiger partial charge in [-0.05, 0) is 48.7 Å². The van der Waals surface area contributed by atoms with Crippen LogP contribution >= 0.6 is 0 Å². The predicted molar refractivity (Wildman–Crippen MR) is 112 cm³/mol. The highest BCUT2D eigenvalue weighted by atomic mass is 19.2. The van der Waals surface area contributed by atoms with E-state index in [1.54, 1.807) is 42.5 Å². The Labute approximate surface area is 172 Å². The number of nitrogens with zero attached hydrogens (tertiary/aromatic N) is 1. The Morgan fingerprint density at radius 1 is 0.800 bits per heavy atom. The molecule has 1 N–H and O–H groups in total. The second-order valence-electron chi connectivity index (χ2n) is 7.03. The summed E-state index contributed by atoms with van der Waals surface area (Å²) in [5.74, 6) is -3.09. The van der Waals surface area contributed by atoms with Gasteiger partial charge in [-0.2, -0.15) is 0 Å². The van der Waals surface area contributed by atoms with Crippen LogP contribution in [-0.2, 0) is 9.59 Å². The molecule has 1 aliphatic heterocycles. The molecule has 2 amide bonds. The number of rotatable bonds is 4. The van der Waals surface area contributed by atoms with E-state index in [2.05, 4.69) is 5.32 Å². The molecule has 0 aliphatic carbocycles. The summed E-state index contributed by atoms with van der Waals surface area (Å²) in [6.45, 7) is 3.74. The molecule has 3 aromatic rings. The van der Waals surface area contributed by atoms with Crippen LogP contribution < -0.4 is 10.2 Å². The molecule has 0 aromatic heterocycles. The standard InChI is InChI=1S/C24H18F2N2O2/c1-14-7-6-10-20(15(14)2)28-23(29)21(16-8-4-3-5-9-16)22(24(28)30)27-17-11-12-18(25)19(26)13-17/h3-13,27H,1-2H3. The Morgan fingerprint density at radius 3 is 2.23 bits per heavy atom. The van der Waals surface area contributed by atoms with Crippen LogP contribution in [0.3, 0.4) is 0 Å². The molecular weight excluding hydrogens is 386 g/mol. The lowest BCUT2D eigenvalue weighted by Gasteiger charge is -2.19. The largest absolute Gasteiger partial charge is 0.350 e. The van der Waals surface area contributed by atoms with Crippen molar-refractivity contribution in [2.45, 2.75) is 13.8 Å². The minimum atomic E-state index is -1.05. The van der Waals surface area contributed by atoms with Crippen LogP contribution in [0.2, 0.25) is 0 Å². The van der Waals surface area contributed by atoms with E-state index in [0.29, 0.717) is 11.3 Å². The summed E-state index contributed by atoms with van der Waals surface area (Å²) < 4.78 is 27.0. The van der Waals surface area contributed by atoms with Gasteiger partial charge < -0.3 is 5.32 Å². The summed E-state index contributed by atoms with van der Waals surface area (Å²) >= 11 is 0. The Balaban J connectivity index is 1.85. The number of carbonyl (C=O) groups is 2. The van der Waals surface area contributed by atoms with Crippen LogP contribution in [0.15, 0.2) is 72.4 Å². The fraction of sp³-hybridized carbons (Fsp3) is 0.0833. The van der Waals surface area contributed by atoms with Gasteiger partial charge in [0.2, 0.25) is 0 Å². The SMILES string of the molecule is Cc1cccc(N2C(=O)C(Nc3ccc(F)c(F)c3)=C(c3ccccc3)C2=O)c1C. The lowest BCUT2D eigenvalue weighted by Crippen LogP contribution is -2.33. The van der Waals surface area contributed by atoms with E-state index < -0.39 is 23.4 Å². The molecule has 150 valence electrons. The van der Waals surface area contributed by atoms with Crippen molar-refractivity contribution in [3.8, 4) is 0 Å². The maximum absolute atomic E-state index is 13.7. The Kier molecular flexibility index (Phi) is 4.91. The van der Waals surface area contributed by atoms with Crippen molar-refractivity contribution in [3.63, 3.8) is 0 Å². The Morgan fingerprint density at radius 2 is 1.53 bits per heavy atom. The van der Waals surface area contributed by atoms with Gasteiger partial charge in [-0.3, -0.25) is 9.59 Å². The van der Waals surface area contributed by atoms with Crippen LogP contribution in [0.4, 0.5) is 20.2 Å². The van der Waals surface area contributed by atoms with Crippen LogP contribution in [0.5, 0.6) is 0 Å². The summed E-state index contributed by atoms with van der Waals surface area (Å²) in [6.07, 6.45) is 0. The van der Waals surface area contributed by atoms with Gasteiger partial charge in [-0.15, -0.1) is 0 Å². The molecule has 4 rings (SSSR count). The van der Waals surface area contributed by atoms with Gasteiger partial charge in [-0.1, -0.05) is 42.5 Å². The second kappa shape index (κ2) is 7.55. The molecule has 0 radical (unpaired) electrons. The third kappa shape index (κ3) is 3.26. The molecule has 0 atom stereocenters. The van der Waals surface area contributed by atoms with Gasteiger partial charge in [0.1, 0.15) is 5.70 Å². The monoisotopic (exact) mass is 404 g/mol. The third-order valence-electron chi connectivity index (χ3n) is 5.15. The first-order valence-electron chi connectivity index (χ1n) is 9.35. The highest BCUT2D eigenvalue weighted by Gasteiger charge is 2.40. The van der Waals surface area contributed by atoms with E-state index in [-0.39, 0.29) is 17.0 Å². The molecule has 3 aromatic carbocycles. The third-order valence-corrected chi connectivity index (χ3v) is 5.15. The number of nitrogens with one attached hydrogen (secondary N) is 1. The van der Waals surface area contributed by atoms with Crippen LogP contribution in [0.1, 0.15) is 16.7 Å². The highest BCUT2D eigenvalue weighted by molar-refractivity contribution is 6.46. The summed E-state index contributed by atoms with van der Waals surface area (Å²) in [6, 6.07) is 17.4. The van der Waals surface area contributed by atoms with E-state index in [1.165, 1.54) is 6.07 Å². The van der Waals surface area contributed by atoms with Crippen molar-refractivity contribution in [2.75, 3.05) is 10.2 Å². The minimum absolute atomic E-state index is 0.0121. The van der Waals surface area contributed by atoms with Crippen molar-refractivity contribution < 1.29 is 18.4 Å². The lowest BCUT2D eigenvalue weighted by atomic mass is 10.0. The molecule has 0 saturated heterocycles. The smallest absolute Gasteiger partial charge is 0.282 e. The maximum Gasteiger partial charge on any atom is 0.282 e. The predicted octanol–water partition coefficient (Wildman–Crippen LogP) is 4.98. The second-order valence-corrected chi connectivity index (χ2v) is 7.03. The molecule has 6 heteroatoms. The number of imide groups is 1. The van der Waals surface area contributed by atoms with Crippen LogP contribution in [-0.4, -0.2) is 11.8 Å². The number of amides is 2. The molecule has 1 aliphatic rings. The van der Waals surface area contributed by atoms with Gasteiger partial charge >= 0.3 is 0 Å². The van der Waals surface area contributed by atoms with Gasteiger partial charge in [0.25, 0.3) is 11.8 Å². The number of benzene rings is 3. The van der Waals surface area contributed by atoms with Gasteiger partial charge in [0.05, 0.1) is 11.3 Å². The first kappa shape index (κ1) is 19.5. The molecule has 0 bridgehead atoms. The molecule has 30 heavy (non-hydrogen) atoms. The van der Waals surface area contributed by atoms with Gasteiger partial charge in [0.15, 0.2) is 11.6 Å². The fourth-order valence-corrected chi connectivity index (χ4v) is 3.43. The van der Waals surface area contributed by atoms with E-state index >= 15 is 0 Å². The van der Waals surface area contributed by atoms with Crippen molar-refractivity contribution in [1.82, 2.24) is 0 Å². The molecule has 0 saturated carbocycles. The number of aryl methyl sites for hydroxylation is 1. The zero-order valence-corrected chi connectivity index (χ0v) is 16.4.